The zero-order chi connectivity index (χ0) is 15.5. The molecular weight excluding hydrogens is 281 g/mol. The highest BCUT2D eigenvalue weighted by Crippen LogP contribution is 2.32. The molecule has 1 saturated heterocycles. The van der Waals surface area contributed by atoms with E-state index < -0.39 is 11.7 Å². The molecule has 1 fully saturated rings. The quantitative estimate of drug-likeness (QED) is 0.925. The predicted molar refractivity (Wildman–Crippen MR) is 73.8 cm³/mol. The van der Waals surface area contributed by atoms with Gasteiger partial charge in [-0.2, -0.15) is 13.2 Å². The fourth-order valence-electron chi connectivity index (χ4n) is 2.74. The summed E-state index contributed by atoms with van der Waals surface area (Å²) in [6.07, 6.45) is -3.72. The van der Waals surface area contributed by atoms with Gasteiger partial charge in [0.15, 0.2) is 0 Å². The summed E-state index contributed by atoms with van der Waals surface area (Å²) in [4.78, 5) is 13.8. The molecule has 116 valence electrons. The van der Waals surface area contributed by atoms with Crippen LogP contribution in [-0.2, 0) is 17.4 Å². The van der Waals surface area contributed by atoms with Crippen LogP contribution in [0, 0.1) is 5.92 Å². The van der Waals surface area contributed by atoms with Crippen molar-refractivity contribution in [1.82, 2.24) is 10.2 Å². The maximum Gasteiger partial charge on any atom is 0.416 e. The lowest BCUT2D eigenvalue weighted by atomic mass is 10.0. The smallest absolute Gasteiger partial charge is 0.342 e. The summed E-state index contributed by atoms with van der Waals surface area (Å²) in [6.45, 7) is 2.07. The van der Waals surface area contributed by atoms with Gasteiger partial charge in [0.05, 0.1) is 12.0 Å². The molecule has 0 aliphatic carbocycles. The van der Waals surface area contributed by atoms with Gasteiger partial charge in [-0.05, 0) is 37.6 Å². The van der Waals surface area contributed by atoms with Crippen LogP contribution in [0.4, 0.5) is 13.2 Å². The van der Waals surface area contributed by atoms with Gasteiger partial charge in [-0.3, -0.25) is 4.79 Å². The Kier molecular flexibility index (Phi) is 4.88. The third-order valence-electron chi connectivity index (χ3n) is 3.80. The molecule has 0 saturated carbocycles. The maximum atomic E-state index is 12.9. The molecule has 1 aliphatic heterocycles. The first-order chi connectivity index (χ1) is 9.91. The number of benzene rings is 1. The molecule has 1 heterocycles. The maximum absolute atomic E-state index is 12.9. The Bertz CT molecular complexity index is 502. The molecule has 21 heavy (non-hydrogen) atoms. The van der Waals surface area contributed by atoms with Gasteiger partial charge in [0.25, 0.3) is 0 Å². The van der Waals surface area contributed by atoms with E-state index in [-0.39, 0.29) is 17.9 Å². The van der Waals surface area contributed by atoms with Crippen molar-refractivity contribution < 1.29 is 18.0 Å². The largest absolute Gasteiger partial charge is 0.416 e. The Hall–Kier alpha value is -1.56. The molecule has 0 bridgehead atoms. The number of alkyl halides is 3. The number of hydrogen-bond donors (Lipinski definition) is 1. The predicted octanol–water partition coefficient (Wildman–Crippen LogP) is 2.32. The molecule has 1 aromatic rings. The minimum atomic E-state index is -4.42. The summed E-state index contributed by atoms with van der Waals surface area (Å²) in [5.41, 5.74) is -0.670. The lowest BCUT2D eigenvalue weighted by Crippen LogP contribution is -2.32. The number of nitrogens with one attached hydrogen (secondary N) is 1. The molecule has 1 amide bonds. The van der Waals surface area contributed by atoms with Crippen molar-refractivity contribution in [3.05, 3.63) is 35.4 Å². The van der Waals surface area contributed by atoms with Gasteiger partial charge >= 0.3 is 6.18 Å². The van der Waals surface area contributed by atoms with Crippen molar-refractivity contribution in [2.45, 2.75) is 19.0 Å². The Morgan fingerprint density at radius 1 is 1.38 bits per heavy atom. The van der Waals surface area contributed by atoms with E-state index in [0.29, 0.717) is 19.0 Å². The van der Waals surface area contributed by atoms with Crippen LogP contribution in [0.25, 0.3) is 0 Å². The number of halogens is 3. The molecule has 2 rings (SSSR count). The number of likely N-dealkylation sites (tertiary alicyclic amines) is 1. The summed E-state index contributed by atoms with van der Waals surface area (Å²) < 4.78 is 38.7. The Morgan fingerprint density at radius 2 is 2.10 bits per heavy atom. The van der Waals surface area contributed by atoms with Crippen LogP contribution in [0.15, 0.2) is 24.3 Å². The highest BCUT2D eigenvalue weighted by atomic mass is 19.4. The van der Waals surface area contributed by atoms with Crippen LogP contribution in [0.1, 0.15) is 17.5 Å². The fourth-order valence-corrected chi connectivity index (χ4v) is 2.74. The van der Waals surface area contributed by atoms with Crippen LogP contribution < -0.4 is 5.32 Å². The summed E-state index contributed by atoms with van der Waals surface area (Å²) in [5, 5.41) is 3.06. The molecule has 0 radical (unpaired) electrons. The molecule has 1 aliphatic rings. The van der Waals surface area contributed by atoms with Crippen molar-refractivity contribution >= 4 is 5.91 Å². The van der Waals surface area contributed by atoms with Crippen LogP contribution in [0.2, 0.25) is 0 Å². The summed E-state index contributed by atoms with van der Waals surface area (Å²) in [5.74, 6) is 0.155. The first-order valence-corrected chi connectivity index (χ1v) is 6.99. The molecule has 3 nitrogen and oxygen atoms in total. The van der Waals surface area contributed by atoms with E-state index in [0.717, 1.165) is 19.0 Å². The van der Waals surface area contributed by atoms with Crippen LogP contribution in [-0.4, -0.2) is 37.5 Å². The van der Waals surface area contributed by atoms with E-state index in [9.17, 15) is 18.0 Å². The van der Waals surface area contributed by atoms with Gasteiger partial charge in [0, 0.05) is 13.1 Å². The summed E-state index contributed by atoms with van der Waals surface area (Å²) in [7, 11) is 1.85. The van der Waals surface area contributed by atoms with Gasteiger partial charge < -0.3 is 10.2 Å². The minimum Gasteiger partial charge on any atom is -0.342 e. The second kappa shape index (κ2) is 6.47. The van der Waals surface area contributed by atoms with Gasteiger partial charge in [-0.25, -0.2) is 0 Å². The van der Waals surface area contributed by atoms with Crippen molar-refractivity contribution in [2.75, 3.05) is 26.7 Å². The third kappa shape index (κ3) is 3.97. The Balaban J connectivity index is 2.04. The van der Waals surface area contributed by atoms with Crippen LogP contribution in [0.3, 0.4) is 0 Å². The zero-order valence-electron chi connectivity index (χ0n) is 11.9. The SMILES string of the molecule is CNC[C@H]1CCN(C(=O)Cc2ccccc2C(F)(F)F)C1. The normalized spacial score (nSPS) is 19.0. The van der Waals surface area contributed by atoms with E-state index in [1.807, 2.05) is 7.05 Å². The minimum absolute atomic E-state index is 0.0482. The number of carbonyl (C=O) groups is 1. The van der Waals surface area contributed by atoms with Crippen molar-refractivity contribution in [1.29, 1.82) is 0 Å². The highest BCUT2D eigenvalue weighted by molar-refractivity contribution is 5.79. The standard InChI is InChI=1S/C15H19F3N2O/c1-19-9-11-6-7-20(10-11)14(21)8-12-4-2-3-5-13(12)15(16,17)18/h2-5,11,19H,6-10H2,1H3/t11-/m1/s1. The summed E-state index contributed by atoms with van der Waals surface area (Å²) >= 11 is 0. The molecule has 0 spiro atoms. The molecular formula is C15H19F3N2O. The number of hydrogen-bond acceptors (Lipinski definition) is 2. The van der Waals surface area contributed by atoms with E-state index in [1.165, 1.54) is 18.2 Å². The summed E-state index contributed by atoms with van der Waals surface area (Å²) in [6, 6.07) is 5.28. The average molecular weight is 300 g/mol. The van der Waals surface area contributed by atoms with Crippen molar-refractivity contribution in [3.8, 4) is 0 Å². The van der Waals surface area contributed by atoms with Crippen molar-refractivity contribution in [2.24, 2.45) is 5.92 Å². The van der Waals surface area contributed by atoms with Crippen LogP contribution in [0.5, 0.6) is 0 Å². The first-order valence-electron chi connectivity index (χ1n) is 6.99. The third-order valence-corrected chi connectivity index (χ3v) is 3.80. The van der Waals surface area contributed by atoms with Gasteiger partial charge in [-0.15, -0.1) is 0 Å². The van der Waals surface area contributed by atoms with Gasteiger partial charge in [0.1, 0.15) is 0 Å². The van der Waals surface area contributed by atoms with E-state index >= 15 is 0 Å². The number of rotatable bonds is 4. The van der Waals surface area contributed by atoms with Gasteiger partial charge in [0.2, 0.25) is 5.91 Å². The zero-order valence-corrected chi connectivity index (χ0v) is 11.9. The monoisotopic (exact) mass is 300 g/mol. The highest BCUT2D eigenvalue weighted by Gasteiger charge is 2.34. The fraction of sp³-hybridized carbons (Fsp3) is 0.533. The molecule has 6 heteroatoms. The lowest BCUT2D eigenvalue weighted by molar-refractivity contribution is -0.138. The first kappa shape index (κ1) is 15.8. The molecule has 1 N–H and O–H groups in total. The second-order valence-electron chi connectivity index (χ2n) is 5.38. The topological polar surface area (TPSA) is 32.3 Å². The molecule has 1 atom stereocenters. The van der Waals surface area contributed by atoms with E-state index in [2.05, 4.69) is 5.32 Å². The van der Waals surface area contributed by atoms with Crippen molar-refractivity contribution in [3.63, 3.8) is 0 Å². The number of carbonyl (C=O) groups excluding carboxylic acids is 1. The second-order valence-corrected chi connectivity index (χ2v) is 5.38. The molecule has 0 aromatic heterocycles. The van der Waals surface area contributed by atoms with E-state index in [1.54, 1.807) is 4.90 Å². The van der Waals surface area contributed by atoms with E-state index in [4.69, 9.17) is 0 Å². The van der Waals surface area contributed by atoms with Gasteiger partial charge in [-0.1, -0.05) is 18.2 Å². The molecule has 0 unspecified atom stereocenters. The Labute approximate surface area is 122 Å². The number of nitrogens with zero attached hydrogens (tertiary/aromatic N) is 1. The Morgan fingerprint density at radius 3 is 2.76 bits per heavy atom. The molecule has 1 aromatic carbocycles. The average Bonchev–Trinajstić information content (AvgIpc) is 2.87. The lowest BCUT2D eigenvalue weighted by Gasteiger charge is -2.18. The number of amides is 1. The van der Waals surface area contributed by atoms with Crippen LogP contribution >= 0.6 is 0 Å².